The molecule has 0 unspecified atom stereocenters. The fraction of sp³-hybridized carbons (Fsp3) is 0.417. The fourth-order valence-electron chi connectivity index (χ4n) is 3.05. The molecule has 0 heterocycles. The highest BCUT2D eigenvalue weighted by Crippen LogP contribution is 2.24. The van der Waals surface area contributed by atoms with E-state index in [0.29, 0.717) is 28.8 Å². The van der Waals surface area contributed by atoms with Gasteiger partial charge in [-0.2, -0.15) is 0 Å². The maximum atomic E-state index is 13.0. The first kappa shape index (κ1) is 25.8. The summed E-state index contributed by atoms with van der Waals surface area (Å²) in [7, 11) is 1.60. The molecule has 32 heavy (non-hydrogen) atoms. The topological polar surface area (TPSA) is 67.9 Å². The van der Waals surface area contributed by atoms with Gasteiger partial charge in [-0.25, -0.2) is 0 Å². The van der Waals surface area contributed by atoms with Crippen molar-refractivity contribution in [3.8, 4) is 11.5 Å². The second-order valence-corrected chi connectivity index (χ2v) is 8.55. The lowest BCUT2D eigenvalue weighted by molar-refractivity contribution is -0.141. The fourth-order valence-corrected chi connectivity index (χ4v) is 3.37. The summed E-state index contributed by atoms with van der Waals surface area (Å²) in [6.07, 6.45) is 0.762. The number of rotatable bonds is 11. The molecule has 0 aromatic heterocycles. The minimum Gasteiger partial charge on any atom is -0.497 e. The maximum absolute atomic E-state index is 13.0. The summed E-state index contributed by atoms with van der Waals surface area (Å²) in [5, 5.41) is 3.71. The molecule has 2 rings (SSSR count). The van der Waals surface area contributed by atoms with Crippen LogP contribution >= 0.6 is 23.2 Å². The third kappa shape index (κ3) is 7.92. The number of carbonyl (C=O) groups is 2. The molecule has 2 aromatic rings. The molecular formula is C24H30Cl2N2O4. The van der Waals surface area contributed by atoms with Crippen LogP contribution in [0.3, 0.4) is 0 Å². The molecule has 6 nitrogen and oxygen atoms in total. The van der Waals surface area contributed by atoms with E-state index in [1.807, 2.05) is 38.1 Å². The van der Waals surface area contributed by atoms with Gasteiger partial charge in [0.1, 0.15) is 17.5 Å². The van der Waals surface area contributed by atoms with Crippen LogP contribution in [0.2, 0.25) is 10.0 Å². The van der Waals surface area contributed by atoms with Crippen LogP contribution in [0, 0.1) is 0 Å². The first-order valence-electron chi connectivity index (χ1n) is 10.5. The number of nitrogens with one attached hydrogen (secondary N) is 1. The Morgan fingerprint density at radius 2 is 1.66 bits per heavy atom. The van der Waals surface area contributed by atoms with Crippen molar-refractivity contribution in [2.75, 3.05) is 13.7 Å². The number of carbonyl (C=O) groups excluding carboxylic acids is 2. The lowest BCUT2D eigenvalue weighted by Gasteiger charge is -2.29. The highest BCUT2D eigenvalue weighted by Gasteiger charge is 2.26. The van der Waals surface area contributed by atoms with Crippen LogP contribution in [-0.4, -0.2) is 42.5 Å². The summed E-state index contributed by atoms with van der Waals surface area (Å²) >= 11 is 12.1. The molecule has 0 radical (unpaired) electrons. The van der Waals surface area contributed by atoms with Gasteiger partial charge in [-0.05, 0) is 69.2 Å². The van der Waals surface area contributed by atoms with E-state index in [0.717, 1.165) is 11.3 Å². The minimum atomic E-state index is -0.637. The average Bonchev–Trinajstić information content (AvgIpc) is 2.76. The molecule has 2 amide bonds. The van der Waals surface area contributed by atoms with Crippen LogP contribution in [-0.2, 0) is 16.1 Å². The number of benzene rings is 2. The summed E-state index contributed by atoms with van der Waals surface area (Å²) < 4.78 is 10.8. The highest BCUT2D eigenvalue weighted by molar-refractivity contribution is 6.42. The van der Waals surface area contributed by atoms with Gasteiger partial charge >= 0.3 is 0 Å². The molecule has 2 aromatic carbocycles. The SMILES string of the molecule is COc1ccc(OCCCC(=O)N(Cc2ccc(Cl)c(Cl)c2)[C@H](C)C(=O)NC(C)C)cc1. The summed E-state index contributed by atoms with van der Waals surface area (Å²) in [6.45, 7) is 6.12. The van der Waals surface area contributed by atoms with Gasteiger partial charge in [0.05, 0.1) is 23.8 Å². The molecule has 1 N–H and O–H groups in total. The Kier molecular flexibility index (Phi) is 10.1. The van der Waals surface area contributed by atoms with Crippen LogP contribution < -0.4 is 14.8 Å². The monoisotopic (exact) mass is 480 g/mol. The lowest BCUT2D eigenvalue weighted by Crippen LogP contribution is -2.49. The number of halogens is 2. The number of ether oxygens (including phenoxy) is 2. The van der Waals surface area contributed by atoms with Gasteiger partial charge in [-0.15, -0.1) is 0 Å². The zero-order valence-corrected chi connectivity index (χ0v) is 20.4. The van der Waals surface area contributed by atoms with Gasteiger partial charge in [-0.3, -0.25) is 9.59 Å². The van der Waals surface area contributed by atoms with Crippen LogP contribution in [0.5, 0.6) is 11.5 Å². The van der Waals surface area contributed by atoms with Gasteiger partial charge in [0.2, 0.25) is 11.8 Å². The molecule has 0 saturated heterocycles. The lowest BCUT2D eigenvalue weighted by atomic mass is 10.1. The van der Waals surface area contributed by atoms with E-state index in [4.69, 9.17) is 32.7 Å². The van der Waals surface area contributed by atoms with E-state index < -0.39 is 6.04 Å². The number of amides is 2. The largest absolute Gasteiger partial charge is 0.497 e. The van der Waals surface area contributed by atoms with Gasteiger partial charge in [0.25, 0.3) is 0 Å². The number of methoxy groups -OCH3 is 1. The molecule has 1 atom stereocenters. The molecule has 0 aliphatic rings. The molecule has 8 heteroatoms. The maximum Gasteiger partial charge on any atom is 0.242 e. The Morgan fingerprint density at radius 3 is 2.25 bits per heavy atom. The Morgan fingerprint density at radius 1 is 1.00 bits per heavy atom. The van der Waals surface area contributed by atoms with Crippen LogP contribution in [0.4, 0.5) is 0 Å². The molecule has 0 saturated carbocycles. The zero-order chi connectivity index (χ0) is 23.7. The summed E-state index contributed by atoms with van der Waals surface area (Å²) in [6, 6.07) is 11.8. The summed E-state index contributed by atoms with van der Waals surface area (Å²) in [4.78, 5) is 27.2. The third-order valence-corrected chi connectivity index (χ3v) is 5.54. The predicted octanol–water partition coefficient (Wildman–Crippen LogP) is 5.10. The highest BCUT2D eigenvalue weighted by atomic mass is 35.5. The van der Waals surface area contributed by atoms with Crippen molar-refractivity contribution in [3.05, 3.63) is 58.1 Å². The van der Waals surface area contributed by atoms with Gasteiger partial charge in [-0.1, -0.05) is 29.3 Å². The quantitative estimate of drug-likeness (QED) is 0.454. The third-order valence-electron chi connectivity index (χ3n) is 4.80. The Balaban J connectivity index is 2.01. The summed E-state index contributed by atoms with van der Waals surface area (Å²) in [5.74, 6) is 1.11. The second kappa shape index (κ2) is 12.6. The van der Waals surface area contributed by atoms with Crippen molar-refractivity contribution in [2.45, 2.75) is 52.2 Å². The predicted molar refractivity (Wildman–Crippen MR) is 127 cm³/mol. The van der Waals surface area contributed by atoms with Crippen molar-refractivity contribution in [2.24, 2.45) is 0 Å². The normalized spacial score (nSPS) is 11.7. The molecular weight excluding hydrogens is 451 g/mol. The van der Waals surface area contributed by atoms with Crippen LogP contribution in [0.15, 0.2) is 42.5 Å². The number of nitrogens with zero attached hydrogens (tertiary/aromatic N) is 1. The van der Waals surface area contributed by atoms with E-state index in [1.165, 1.54) is 0 Å². The standard InChI is InChI=1S/C24H30Cl2N2O4/c1-16(2)27-24(30)17(3)28(15-18-7-12-21(25)22(26)14-18)23(29)6-5-13-32-20-10-8-19(31-4)9-11-20/h7-12,14,16-17H,5-6,13,15H2,1-4H3,(H,27,30)/t17-/m1/s1. The zero-order valence-electron chi connectivity index (χ0n) is 18.9. The number of hydrogen-bond donors (Lipinski definition) is 1. The van der Waals surface area contributed by atoms with Crippen molar-refractivity contribution >= 4 is 35.0 Å². The van der Waals surface area contributed by atoms with Crippen LogP contribution in [0.25, 0.3) is 0 Å². The van der Waals surface area contributed by atoms with E-state index >= 15 is 0 Å². The molecule has 0 spiro atoms. The molecule has 0 fully saturated rings. The van der Waals surface area contributed by atoms with Gasteiger partial charge in [0, 0.05) is 19.0 Å². The smallest absolute Gasteiger partial charge is 0.242 e. The van der Waals surface area contributed by atoms with E-state index in [-0.39, 0.29) is 30.8 Å². The van der Waals surface area contributed by atoms with E-state index in [9.17, 15) is 9.59 Å². The Hall–Kier alpha value is -2.44. The van der Waals surface area contributed by atoms with Crippen molar-refractivity contribution in [1.29, 1.82) is 0 Å². The number of hydrogen-bond acceptors (Lipinski definition) is 4. The molecule has 0 aliphatic heterocycles. The van der Waals surface area contributed by atoms with Gasteiger partial charge < -0.3 is 19.7 Å². The van der Waals surface area contributed by atoms with E-state index in [1.54, 1.807) is 37.1 Å². The van der Waals surface area contributed by atoms with E-state index in [2.05, 4.69) is 5.32 Å². The minimum absolute atomic E-state index is 0.0234. The Labute approximate surface area is 199 Å². The molecule has 0 bridgehead atoms. The van der Waals surface area contributed by atoms with Crippen molar-refractivity contribution in [3.63, 3.8) is 0 Å². The van der Waals surface area contributed by atoms with Crippen LogP contribution in [0.1, 0.15) is 39.2 Å². The molecule has 0 aliphatic carbocycles. The van der Waals surface area contributed by atoms with Crippen molar-refractivity contribution < 1.29 is 19.1 Å². The average molecular weight is 481 g/mol. The molecule has 174 valence electrons. The van der Waals surface area contributed by atoms with Crippen molar-refractivity contribution in [1.82, 2.24) is 10.2 Å². The Bertz CT molecular complexity index is 903. The summed E-state index contributed by atoms with van der Waals surface area (Å²) in [5.41, 5.74) is 0.798. The second-order valence-electron chi connectivity index (χ2n) is 7.74. The first-order chi connectivity index (χ1) is 15.2. The first-order valence-corrected chi connectivity index (χ1v) is 11.3. The van der Waals surface area contributed by atoms with Gasteiger partial charge in [0.15, 0.2) is 0 Å².